The van der Waals surface area contributed by atoms with Crippen molar-refractivity contribution >= 4 is 12.4 Å². The van der Waals surface area contributed by atoms with Gasteiger partial charge in [-0.3, -0.25) is 4.90 Å². The molecule has 0 bridgehead atoms. The van der Waals surface area contributed by atoms with E-state index in [0.717, 1.165) is 37.5 Å². The first kappa shape index (κ1) is 19.8. The summed E-state index contributed by atoms with van der Waals surface area (Å²) in [7, 11) is 0. The van der Waals surface area contributed by atoms with Crippen molar-refractivity contribution in [3.05, 3.63) is 41.3 Å². The van der Waals surface area contributed by atoms with Crippen molar-refractivity contribution in [1.29, 1.82) is 0 Å². The van der Waals surface area contributed by atoms with Gasteiger partial charge in [0.15, 0.2) is 0 Å². The number of oxazole rings is 1. The van der Waals surface area contributed by atoms with Crippen LogP contribution >= 0.6 is 12.4 Å². The highest BCUT2D eigenvalue weighted by Gasteiger charge is 2.31. The molecule has 1 atom stereocenters. The lowest BCUT2D eigenvalue weighted by Crippen LogP contribution is -2.49. The van der Waals surface area contributed by atoms with Crippen molar-refractivity contribution < 1.29 is 17.6 Å². The normalized spacial score (nSPS) is 18.8. The Morgan fingerprint density at radius 3 is 2.80 bits per heavy atom. The minimum absolute atomic E-state index is 0. The Labute approximate surface area is 150 Å². The molecule has 1 aliphatic heterocycles. The van der Waals surface area contributed by atoms with Crippen LogP contribution in [0.3, 0.4) is 0 Å². The van der Waals surface area contributed by atoms with E-state index in [1.54, 1.807) is 13.0 Å². The molecule has 1 unspecified atom stereocenters. The Hall–Kier alpha value is -1.57. The molecule has 8 heteroatoms. The molecule has 1 N–H and O–H groups in total. The van der Waals surface area contributed by atoms with Crippen LogP contribution in [0.4, 0.5) is 13.2 Å². The molecule has 3 rings (SSSR count). The number of benzene rings is 1. The van der Waals surface area contributed by atoms with Gasteiger partial charge >= 0.3 is 6.18 Å². The highest BCUT2D eigenvalue weighted by atomic mass is 35.5. The third kappa shape index (κ3) is 4.54. The quantitative estimate of drug-likeness (QED) is 0.883. The largest absolute Gasteiger partial charge is 0.441 e. The molecule has 0 aliphatic carbocycles. The number of aryl methyl sites for hydroxylation is 1. The summed E-state index contributed by atoms with van der Waals surface area (Å²) in [5.41, 5.74) is 0.414. The second-order valence-corrected chi connectivity index (χ2v) is 6.12. The Morgan fingerprint density at radius 1 is 1.36 bits per heavy atom. The average Bonchev–Trinajstić information content (AvgIpc) is 2.90. The van der Waals surface area contributed by atoms with E-state index in [0.29, 0.717) is 23.9 Å². The van der Waals surface area contributed by atoms with E-state index in [-0.39, 0.29) is 18.3 Å². The summed E-state index contributed by atoms with van der Waals surface area (Å²) >= 11 is 0. The zero-order valence-electron chi connectivity index (χ0n) is 14.1. The summed E-state index contributed by atoms with van der Waals surface area (Å²) in [6.45, 7) is 7.31. The minimum Gasteiger partial charge on any atom is -0.441 e. The van der Waals surface area contributed by atoms with Gasteiger partial charge in [0.05, 0.1) is 11.3 Å². The number of halogens is 4. The van der Waals surface area contributed by atoms with Crippen molar-refractivity contribution in [2.24, 2.45) is 0 Å². The molecule has 4 nitrogen and oxygen atoms in total. The molecule has 1 aromatic heterocycles. The van der Waals surface area contributed by atoms with Gasteiger partial charge in [0.25, 0.3) is 0 Å². The van der Waals surface area contributed by atoms with Gasteiger partial charge in [-0.15, -0.1) is 12.4 Å². The lowest BCUT2D eigenvalue weighted by atomic mass is 10.1. The fraction of sp³-hybridized carbons (Fsp3) is 0.471. The summed E-state index contributed by atoms with van der Waals surface area (Å²) in [6, 6.07) is 5.45. The van der Waals surface area contributed by atoms with E-state index in [4.69, 9.17) is 4.42 Å². The lowest BCUT2D eigenvalue weighted by molar-refractivity contribution is -0.137. The van der Waals surface area contributed by atoms with E-state index < -0.39 is 11.7 Å². The van der Waals surface area contributed by atoms with Gasteiger partial charge in [-0.05, 0) is 32.0 Å². The molecule has 25 heavy (non-hydrogen) atoms. The summed E-state index contributed by atoms with van der Waals surface area (Å²) < 4.78 is 44.2. The molecule has 138 valence electrons. The van der Waals surface area contributed by atoms with Gasteiger partial charge in [0.1, 0.15) is 5.76 Å². The summed E-state index contributed by atoms with van der Waals surface area (Å²) in [5.74, 6) is 0.879. The van der Waals surface area contributed by atoms with Gasteiger partial charge in [-0.2, -0.15) is 13.2 Å². The van der Waals surface area contributed by atoms with E-state index in [2.05, 4.69) is 22.1 Å². The van der Waals surface area contributed by atoms with Crippen molar-refractivity contribution in [1.82, 2.24) is 15.2 Å². The van der Waals surface area contributed by atoms with Gasteiger partial charge in [-0.25, -0.2) is 4.98 Å². The van der Waals surface area contributed by atoms with E-state index in [1.165, 1.54) is 6.07 Å². The molecule has 0 spiro atoms. The Kier molecular flexibility index (Phi) is 6.13. The van der Waals surface area contributed by atoms with Crippen molar-refractivity contribution in [2.45, 2.75) is 32.6 Å². The summed E-state index contributed by atoms with van der Waals surface area (Å²) in [5, 5.41) is 3.32. The van der Waals surface area contributed by atoms with Crippen LogP contribution in [0.1, 0.15) is 23.9 Å². The van der Waals surface area contributed by atoms with Crippen LogP contribution < -0.4 is 5.32 Å². The molecular weight excluding hydrogens is 355 g/mol. The number of hydrogen-bond acceptors (Lipinski definition) is 4. The fourth-order valence-corrected chi connectivity index (χ4v) is 2.84. The van der Waals surface area contributed by atoms with Gasteiger partial charge in [0, 0.05) is 37.8 Å². The van der Waals surface area contributed by atoms with E-state index >= 15 is 0 Å². The van der Waals surface area contributed by atoms with Gasteiger partial charge in [0.2, 0.25) is 5.89 Å². The monoisotopic (exact) mass is 375 g/mol. The third-order valence-electron chi connectivity index (χ3n) is 4.32. The van der Waals surface area contributed by atoms with Crippen molar-refractivity contribution in [2.75, 3.05) is 19.6 Å². The maximum Gasteiger partial charge on any atom is 0.416 e. The number of nitrogens with zero attached hydrogens (tertiary/aromatic N) is 2. The van der Waals surface area contributed by atoms with Gasteiger partial charge in [-0.1, -0.05) is 6.07 Å². The second-order valence-electron chi connectivity index (χ2n) is 6.12. The number of hydrogen-bond donors (Lipinski definition) is 1. The third-order valence-corrected chi connectivity index (χ3v) is 4.32. The molecule has 1 saturated heterocycles. The van der Waals surface area contributed by atoms with E-state index in [1.807, 2.05) is 0 Å². The first-order valence-corrected chi connectivity index (χ1v) is 7.93. The maximum absolute atomic E-state index is 12.9. The second kappa shape index (κ2) is 7.76. The van der Waals surface area contributed by atoms with Crippen LogP contribution in [0, 0.1) is 6.92 Å². The average molecular weight is 376 g/mol. The first-order valence-electron chi connectivity index (χ1n) is 7.93. The summed E-state index contributed by atoms with van der Waals surface area (Å²) in [6.07, 6.45) is -4.38. The van der Waals surface area contributed by atoms with E-state index in [9.17, 15) is 13.2 Å². The van der Waals surface area contributed by atoms with Crippen molar-refractivity contribution in [3.63, 3.8) is 0 Å². The smallest absolute Gasteiger partial charge is 0.416 e. The molecule has 1 aromatic carbocycles. The van der Waals surface area contributed by atoms with Gasteiger partial charge < -0.3 is 9.73 Å². The molecule has 0 saturated carbocycles. The number of alkyl halides is 3. The molecular formula is C17H21ClF3N3O. The topological polar surface area (TPSA) is 41.3 Å². The molecule has 1 aliphatic rings. The number of rotatable bonds is 3. The summed E-state index contributed by atoms with van der Waals surface area (Å²) in [4.78, 5) is 6.72. The predicted octanol–water partition coefficient (Wildman–Crippen LogP) is 3.88. The highest BCUT2D eigenvalue weighted by molar-refractivity contribution is 5.85. The van der Waals surface area contributed by atoms with Crippen LogP contribution in [-0.4, -0.2) is 35.6 Å². The van der Waals surface area contributed by atoms with Crippen LogP contribution in [0.2, 0.25) is 0 Å². The molecule has 2 heterocycles. The Bertz CT molecular complexity index is 717. The van der Waals surface area contributed by atoms with Crippen molar-refractivity contribution in [3.8, 4) is 11.5 Å². The lowest BCUT2D eigenvalue weighted by Gasteiger charge is -2.33. The zero-order chi connectivity index (χ0) is 17.3. The zero-order valence-corrected chi connectivity index (χ0v) is 14.9. The van der Waals surface area contributed by atoms with Crippen LogP contribution in [-0.2, 0) is 12.7 Å². The highest BCUT2D eigenvalue weighted by Crippen LogP contribution is 2.32. The fourth-order valence-electron chi connectivity index (χ4n) is 2.84. The molecule has 2 aromatic rings. The molecule has 0 amide bonds. The first-order chi connectivity index (χ1) is 11.3. The minimum atomic E-state index is -4.38. The predicted molar refractivity (Wildman–Crippen MR) is 91.7 cm³/mol. The Balaban J connectivity index is 0.00000225. The number of nitrogens with one attached hydrogen (secondary N) is 1. The number of piperazine rings is 1. The number of aromatic nitrogens is 1. The maximum atomic E-state index is 12.9. The SMILES string of the molecule is Cc1oc(-c2cccc(C(F)(F)F)c2)nc1CN1CCNCC1C.Cl. The van der Waals surface area contributed by atoms with Crippen LogP contribution in [0.25, 0.3) is 11.5 Å². The van der Waals surface area contributed by atoms with Crippen LogP contribution in [0.5, 0.6) is 0 Å². The Morgan fingerprint density at radius 2 is 2.12 bits per heavy atom. The van der Waals surface area contributed by atoms with Crippen LogP contribution in [0.15, 0.2) is 28.7 Å². The molecule has 0 radical (unpaired) electrons. The molecule has 1 fully saturated rings. The standard InChI is InChI=1S/C17H20F3N3O.ClH/c1-11-9-21-6-7-23(11)10-15-12(2)24-16(22-15)13-4-3-5-14(8-13)17(18,19)20;/h3-5,8,11,21H,6-7,9-10H2,1-2H3;1H.